The molecule has 1 aromatic rings. The van der Waals surface area contributed by atoms with E-state index in [4.69, 9.17) is 5.11 Å². The molecule has 1 aliphatic rings. The normalized spacial score (nSPS) is 16.1. The third kappa shape index (κ3) is 1.82. The van der Waals surface area contributed by atoms with Gasteiger partial charge in [-0.05, 0) is 30.9 Å². The number of carbonyl (C=O) groups excluding carboxylic acids is 2. The van der Waals surface area contributed by atoms with Crippen molar-refractivity contribution in [3.63, 3.8) is 0 Å². The van der Waals surface area contributed by atoms with E-state index >= 15 is 0 Å². The average molecular weight is 247 g/mol. The molecule has 1 heterocycles. The van der Waals surface area contributed by atoms with Crippen LogP contribution >= 0.6 is 0 Å². The molecule has 0 radical (unpaired) electrons. The molecule has 2 rings (SSSR count). The molecule has 2 amide bonds. The zero-order valence-corrected chi connectivity index (χ0v) is 10.9. The van der Waals surface area contributed by atoms with E-state index < -0.39 is 0 Å². The first-order chi connectivity index (χ1) is 8.47. The Kier molecular flexibility index (Phi) is 3.22. The van der Waals surface area contributed by atoms with Crippen LogP contribution in [0.3, 0.4) is 0 Å². The van der Waals surface area contributed by atoms with Gasteiger partial charge in [-0.15, -0.1) is 0 Å². The molecule has 1 aliphatic heterocycles. The predicted molar refractivity (Wildman–Crippen MR) is 67.5 cm³/mol. The van der Waals surface area contributed by atoms with E-state index in [1.165, 1.54) is 4.90 Å². The van der Waals surface area contributed by atoms with Gasteiger partial charge in [0.2, 0.25) is 0 Å². The van der Waals surface area contributed by atoms with Gasteiger partial charge in [0.05, 0.1) is 11.1 Å². The summed E-state index contributed by atoms with van der Waals surface area (Å²) in [6.07, 6.45) is 0. The maximum atomic E-state index is 12.3. The molecule has 1 atom stereocenters. The number of aryl methyl sites for hydroxylation is 2. The molecular formula is C14H17NO3. The van der Waals surface area contributed by atoms with Crippen molar-refractivity contribution in [1.29, 1.82) is 0 Å². The molecule has 18 heavy (non-hydrogen) atoms. The minimum atomic E-state index is -0.239. The Morgan fingerprint density at radius 1 is 1.11 bits per heavy atom. The number of hydrogen-bond acceptors (Lipinski definition) is 3. The van der Waals surface area contributed by atoms with E-state index in [2.05, 4.69) is 0 Å². The standard InChI is InChI=1S/C14H17NO3/c1-8(7-16)6-15-13(17)11-9(2)4-5-10(3)12(11)14(15)18/h4-5,8,16H,6-7H2,1-3H3. The summed E-state index contributed by atoms with van der Waals surface area (Å²) in [5.74, 6) is -0.583. The fourth-order valence-corrected chi connectivity index (χ4v) is 2.26. The second-order valence-electron chi connectivity index (χ2n) is 4.96. The van der Waals surface area contributed by atoms with Gasteiger partial charge in [-0.3, -0.25) is 14.5 Å². The Morgan fingerprint density at radius 2 is 1.56 bits per heavy atom. The zero-order chi connectivity index (χ0) is 13.4. The maximum Gasteiger partial charge on any atom is 0.261 e. The monoisotopic (exact) mass is 247 g/mol. The lowest BCUT2D eigenvalue weighted by Crippen LogP contribution is -2.35. The molecular weight excluding hydrogens is 230 g/mol. The van der Waals surface area contributed by atoms with Crippen molar-refractivity contribution in [2.75, 3.05) is 13.2 Å². The Hall–Kier alpha value is -1.68. The first kappa shape index (κ1) is 12.8. The van der Waals surface area contributed by atoms with Crippen LogP contribution in [0.25, 0.3) is 0 Å². The summed E-state index contributed by atoms with van der Waals surface area (Å²) in [6, 6.07) is 3.72. The molecule has 4 nitrogen and oxygen atoms in total. The van der Waals surface area contributed by atoms with E-state index in [1.54, 1.807) is 0 Å². The number of imide groups is 1. The largest absolute Gasteiger partial charge is 0.396 e. The van der Waals surface area contributed by atoms with Crippen molar-refractivity contribution in [2.45, 2.75) is 20.8 Å². The summed E-state index contributed by atoms with van der Waals surface area (Å²) in [5, 5.41) is 9.04. The van der Waals surface area contributed by atoms with Crippen LogP contribution in [0, 0.1) is 19.8 Å². The quantitative estimate of drug-likeness (QED) is 0.824. The van der Waals surface area contributed by atoms with Crippen molar-refractivity contribution < 1.29 is 14.7 Å². The van der Waals surface area contributed by atoms with E-state index in [1.807, 2.05) is 32.9 Å². The summed E-state index contributed by atoms with van der Waals surface area (Å²) >= 11 is 0. The molecule has 4 heteroatoms. The van der Waals surface area contributed by atoms with E-state index in [0.29, 0.717) is 11.1 Å². The van der Waals surface area contributed by atoms with Gasteiger partial charge in [0, 0.05) is 13.2 Å². The van der Waals surface area contributed by atoms with Crippen molar-refractivity contribution in [1.82, 2.24) is 4.90 Å². The van der Waals surface area contributed by atoms with Crippen LogP contribution in [-0.2, 0) is 0 Å². The Morgan fingerprint density at radius 3 is 1.94 bits per heavy atom. The highest BCUT2D eigenvalue weighted by atomic mass is 16.3. The SMILES string of the molecule is Cc1ccc(C)c2c1C(=O)N(CC(C)CO)C2=O. The molecule has 0 fully saturated rings. The van der Waals surface area contributed by atoms with Crippen molar-refractivity contribution >= 4 is 11.8 Å². The molecule has 96 valence electrons. The average Bonchev–Trinajstić information content (AvgIpc) is 2.59. The van der Waals surface area contributed by atoms with Gasteiger partial charge in [0.15, 0.2) is 0 Å². The smallest absolute Gasteiger partial charge is 0.261 e. The van der Waals surface area contributed by atoms with Crippen molar-refractivity contribution in [3.8, 4) is 0 Å². The van der Waals surface area contributed by atoms with Crippen LogP contribution in [0.15, 0.2) is 12.1 Å². The molecule has 0 bridgehead atoms. The van der Waals surface area contributed by atoms with Gasteiger partial charge < -0.3 is 5.11 Å². The van der Waals surface area contributed by atoms with Gasteiger partial charge in [0.1, 0.15) is 0 Å². The Labute approximate surface area is 106 Å². The van der Waals surface area contributed by atoms with Crippen LogP contribution < -0.4 is 0 Å². The fourth-order valence-electron chi connectivity index (χ4n) is 2.26. The second-order valence-corrected chi connectivity index (χ2v) is 4.96. The summed E-state index contributed by atoms with van der Waals surface area (Å²) in [7, 11) is 0. The van der Waals surface area contributed by atoms with Crippen LogP contribution in [0.5, 0.6) is 0 Å². The number of hydrogen-bond donors (Lipinski definition) is 1. The number of carbonyl (C=O) groups is 2. The fraction of sp³-hybridized carbons (Fsp3) is 0.429. The second kappa shape index (κ2) is 4.53. The molecule has 0 saturated heterocycles. The minimum absolute atomic E-state index is 0.0363. The summed E-state index contributed by atoms with van der Waals surface area (Å²) in [4.78, 5) is 25.8. The summed E-state index contributed by atoms with van der Waals surface area (Å²) in [5.41, 5.74) is 2.69. The summed E-state index contributed by atoms with van der Waals surface area (Å²) < 4.78 is 0. The van der Waals surface area contributed by atoms with E-state index in [9.17, 15) is 9.59 Å². The lowest BCUT2D eigenvalue weighted by molar-refractivity contribution is 0.0614. The third-order valence-corrected chi connectivity index (χ3v) is 3.35. The van der Waals surface area contributed by atoms with Crippen LogP contribution in [0.2, 0.25) is 0 Å². The van der Waals surface area contributed by atoms with E-state index in [-0.39, 0.29) is 30.9 Å². The zero-order valence-electron chi connectivity index (χ0n) is 10.9. The maximum absolute atomic E-state index is 12.3. The molecule has 1 N–H and O–H groups in total. The van der Waals surface area contributed by atoms with Gasteiger partial charge in [-0.25, -0.2) is 0 Å². The first-order valence-corrected chi connectivity index (χ1v) is 6.04. The van der Waals surface area contributed by atoms with Crippen LogP contribution in [-0.4, -0.2) is 35.0 Å². The number of aliphatic hydroxyl groups is 1. The highest BCUT2D eigenvalue weighted by Gasteiger charge is 2.38. The molecule has 1 aromatic carbocycles. The topological polar surface area (TPSA) is 57.6 Å². The third-order valence-electron chi connectivity index (χ3n) is 3.35. The Bertz CT molecular complexity index is 481. The van der Waals surface area contributed by atoms with Crippen LogP contribution in [0.1, 0.15) is 38.8 Å². The number of rotatable bonds is 3. The number of nitrogens with zero attached hydrogens (tertiary/aromatic N) is 1. The number of fused-ring (bicyclic) bond motifs is 1. The molecule has 0 aliphatic carbocycles. The number of benzene rings is 1. The molecule has 1 unspecified atom stereocenters. The van der Waals surface area contributed by atoms with Crippen molar-refractivity contribution in [3.05, 3.63) is 34.4 Å². The minimum Gasteiger partial charge on any atom is -0.396 e. The van der Waals surface area contributed by atoms with E-state index in [0.717, 1.165) is 11.1 Å². The first-order valence-electron chi connectivity index (χ1n) is 6.04. The van der Waals surface area contributed by atoms with Gasteiger partial charge >= 0.3 is 0 Å². The lowest BCUT2D eigenvalue weighted by atomic mass is 9.99. The summed E-state index contributed by atoms with van der Waals surface area (Å²) in [6.45, 7) is 5.71. The molecule has 0 aromatic heterocycles. The Balaban J connectivity index is 2.44. The highest BCUT2D eigenvalue weighted by molar-refractivity contribution is 6.22. The van der Waals surface area contributed by atoms with Crippen molar-refractivity contribution in [2.24, 2.45) is 5.92 Å². The predicted octanol–water partition coefficient (Wildman–Crippen LogP) is 1.53. The lowest BCUT2D eigenvalue weighted by Gasteiger charge is -2.17. The highest BCUT2D eigenvalue weighted by Crippen LogP contribution is 2.28. The van der Waals surface area contributed by atoms with Gasteiger partial charge in [0.25, 0.3) is 11.8 Å². The van der Waals surface area contributed by atoms with Gasteiger partial charge in [-0.2, -0.15) is 0 Å². The molecule has 0 spiro atoms. The number of aliphatic hydroxyl groups excluding tert-OH is 1. The number of amides is 2. The van der Waals surface area contributed by atoms with Crippen LogP contribution in [0.4, 0.5) is 0 Å². The van der Waals surface area contributed by atoms with Gasteiger partial charge in [-0.1, -0.05) is 19.1 Å². The molecule has 0 saturated carbocycles.